The summed E-state index contributed by atoms with van der Waals surface area (Å²) < 4.78 is 33.6. The van der Waals surface area contributed by atoms with Gasteiger partial charge in [-0.2, -0.15) is 0 Å². The van der Waals surface area contributed by atoms with Crippen molar-refractivity contribution >= 4 is 49.8 Å². The van der Waals surface area contributed by atoms with Gasteiger partial charge in [0.05, 0.1) is 16.1 Å². The maximum Gasteiger partial charge on any atom is 0.264 e. The van der Waals surface area contributed by atoms with Gasteiger partial charge in [-0.3, -0.25) is 14.1 Å². The molecule has 10 heteroatoms. The Morgan fingerprint density at radius 1 is 1.03 bits per heavy atom. The zero-order valence-corrected chi connectivity index (χ0v) is 22.1. The van der Waals surface area contributed by atoms with Crippen molar-refractivity contribution in [3.63, 3.8) is 0 Å². The fourth-order valence-corrected chi connectivity index (χ4v) is 6.17. The number of hydrogen-bond donors (Lipinski definition) is 2. The molecule has 3 aromatic carbocycles. The lowest BCUT2D eigenvalue weighted by Gasteiger charge is -2.30. The van der Waals surface area contributed by atoms with E-state index in [1.165, 1.54) is 16.4 Å². The molecule has 2 heterocycles. The molecule has 1 aliphatic heterocycles. The monoisotopic (exact) mass is 550 g/mol. The smallest absolute Gasteiger partial charge is 0.264 e. The quantitative estimate of drug-likeness (QED) is 0.295. The lowest BCUT2D eigenvalue weighted by atomic mass is 10.0. The van der Waals surface area contributed by atoms with E-state index in [0.29, 0.717) is 30.4 Å². The average molecular weight is 551 g/mol. The number of pyridine rings is 1. The summed E-state index contributed by atoms with van der Waals surface area (Å²) >= 11 is 6.03. The van der Waals surface area contributed by atoms with Gasteiger partial charge in [0.15, 0.2) is 6.61 Å². The van der Waals surface area contributed by atoms with Crippen LogP contribution < -0.4 is 19.7 Å². The number of anilines is 2. The van der Waals surface area contributed by atoms with Gasteiger partial charge < -0.3 is 15.4 Å². The van der Waals surface area contributed by atoms with Crippen molar-refractivity contribution in [2.75, 3.05) is 35.9 Å². The van der Waals surface area contributed by atoms with Crippen LogP contribution in [0.2, 0.25) is 5.02 Å². The second-order valence-electron chi connectivity index (χ2n) is 8.87. The van der Waals surface area contributed by atoms with Crippen molar-refractivity contribution in [1.29, 1.82) is 0 Å². The zero-order valence-electron chi connectivity index (χ0n) is 20.6. The first-order valence-corrected chi connectivity index (χ1v) is 14.1. The fraction of sp³-hybridized carbons (Fsp3) is 0.214. The van der Waals surface area contributed by atoms with Crippen LogP contribution in [-0.4, -0.2) is 45.6 Å². The predicted octanol–water partition coefficient (Wildman–Crippen LogP) is 4.64. The molecule has 5 rings (SSSR count). The minimum absolute atomic E-state index is 0.178. The van der Waals surface area contributed by atoms with E-state index in [4.69, 9.17) is 16.3 Å². The number of rotatable bonds is 9. The first-order valence-electron chi connectivity index (χ1n) is 12.3. The molecule has 0 saturated carbocycles. The van der Waals surface area contributed by atoms with Crippen molar-refractivity contribution in [3.05, 3.63) is 89.6 Å². The van der Waals surface area contributed by atoms with Gasteiger partial charge in [-0.15, -0.1) is 0 Å². The van der Waals surface area contributed by atoms with Gasteiger partial charge in [0.1, 0.15) is 5.75 Å². The number of carbonyl (C=O) groups excluding carboxylic acids is 1. The second-order valence-corrected chi connectivity index (χ2v) is 11.2. The van der Waals surface area contributed by atoms with Crippen molar-refractivity contribution < 1.29 is 17.9 Å². The fourth-order valence-electron chi connectivity index (χ4n) is 4.46. The molecule has 38 heavy (non-hydrogen) atoms. The molecular formula is C28H27ClN4O4S. The van der Waals surface area contributed by atoms with Crippen LogP contribution >= 0.6 is 11.6 Å². The van der Waals surface area contributed by atoms with Gasteiger partial charge in [0, 0.05) is 41.9 Å². The molecular weight excluding hydrogens is 524 g/mol. The number of aromatic nitrogens is 1. The maximum atomic E-state index is 13.3. The number of nitrogens with one attached hydrogen (secondary N) is 2. The number of ether oxygens (including phenoxy) is 1. The van der Waals surface area contributed by atoms with E-state index in [0.717, 1.165) is 40.7 Å². The Morgan fingerprint density at radius 3 is 2.68 bits per heavy atom. The van der Waals surface area contributed by atoms with Crippen LogP contribution in [-0.2, 0) is 21.2 Å². The largest absolute Gasteiger partial charge is 0.484 e. The van der Waals surface area contributed by atoms with Gasteiger partial charge >= 0.3 is 0 Å². The summed E-state index contributed by atoms with van der Waals surface area (Å²) in [4.78, 5) is 16.7. The van der Waals surface area contributed by atoms with E-state index in [1.807, 2.05) is 42.5 Å². The normalized spacial score (nSPS) is 13.1. The Hall–Kier alpha value is -3.82. The van der Waals surface area contributed by atoms with Crippen LogP contribution in [0.25, 0.3) is 10.9 Å². The van der Waals surface area contributed by atoms with Crippen LogP contribution in [0.4, 0.5) is 11.4 Å². The lowest BCUT2D eigenvalue weighted by molar-refractivity contribution is -0.123. The van der Waals surface area contributed by atoms with Gasteiger partial charge in [-0.25, -0.2) is 8.42 Å². The number of amides is 1. The molecule has 0 atom stereocenters. The average Bonchev–Trinajstić information content (AvgIpc) is 2.94. The van der Waals surface area contributed by atoms with E-state index in [9.17, 15) is 13.2 Å². The van der Waals surface area contributed by atoms with Crippen LogP contribution in [0.1, 0.15) is 12.0 Å². The highest BCUT2D eigenvalue weighted by Gasteiger charge is 2.28. The molecule has 0 spiro atoms. The Kier molecular flexibility index (Phi) is 7.67. The predicted molar refractivity (Wildman–Crippen MR) is 149 cm³/mol. The highest BCUT2D eigenvalue weighted by Crippen LogP contribution is 2.32. The summed E-state index contributed by atoms with van der Waals surface area (Å²) in [6.45, 7) is 1.18. The molecule has 0 bridgehead atoms. The van der Waals surface area contributed by atoms with Gasteiger partial charge in [0.2, 0.25) is 0 Å². The zero-order chi connectivity index (χ0) is 26.5. The van der Waals surface area contributed by atoms with Crippen LogP contribution in [0.5, 0.6) is 5.75 Å². The van der Waals surface area contributed by atoms with Gasteiger partial charge in [-0.05, 0) is 73.0 Å². The summed E-state index contributed by atoms with van der Waals surface area (Å²) in [5, 5.41) is 7.66. The number of halogens is 1. The SMILES string of the molecule is O=C(COc1ccc(S(=O)(=O)N2CCCc3ccccc32)cc1)NCCNc1ccnc2cc(Cl)ccc12. The van der Waals surface area contributed by atoms with Crippen molar-refractivity contribution in [3.8, 4) is 5.75 Å². The molecule has 1 amide bonds. The van der Waals surface area contributed by atoms with E-state index < -0.39 is 10.0 Å². The van der Waals surface area contributed by atoms with E-state index in [-0.39, 0.29) is 17.4 Å². The topological polar surface area (TPSA) is 101 Å². The number of sulfonamides is 1. The highest BCUT2D eigenvalue weighted by molar-refractivity contribution is 7.92. The standard InChI is InChI=1S/C28H27ClN4O4S/c29-21-7-12-24-25(13-14-30-26(24)18-21)31-15-16-32-28(34)19-37-22-8-10-23(11-9-22)38(35,36)33-17-3-5-20-4-1-2-6-27(20)33/h1-2,4,6-14,18H,3,5,15-17,19H2,(H,30,31)(H,32,34). The number of hydrogen-bond acceptors (Lipinski definition) is 6. The minimum atomic E-state index is -3.70. The molecule has 0 radical (unpaired) electrons. The molecule has 196 valence electrons. The molecule has 1 aliphatic rings. The van der Waals surface area contributed by atoms with Gasteiger partial charge in [-0.1, -0.05) is 29.8 Å². The van der Waals surface area contributed by atoms with E-state index in [1.54, 1.807) is 24.4 Å². The summed E-state index contributed by atoms with van der Waals surface area (Å²) in [6, 6.07) is 21.1. The number of aryl methyl sites for hydroxylation is 1. The number of benzene rings is 3. The molecule has 1 aromatic heterocycles. The van der Waals surface area contributed by atoms with Gasteiger partial charge in [0.25, 0.3) is 15.9 Å². The van der Waals surface area contributed by atoms with E-state index in [2.05, 4.69) is 15.6 Å². The molecule has 0 aliphatic carbocycles. The molecule has 2 N–H and O–H groups in total. The number of carbonyl (C=O) groups is 1. The highest BCUT2D eigenvalue weighted by atomic mass is 35.5. The van der Waals surface area contributed by atoms with Crippen LogP contribution in [0.15, 0.2) is 83.9 Å². The summed E-state index contributed by atoms with van der Waals surface area (Å²) in [5.41, 5.74) is 3.45. The Balaban J connectivity index is 1.11. The minimum Gasteiger partial charge on any atom is -0.484 e. The first kappa shape index (κ1) is 25.8. The number of fused-ring (bicyclic) bond motifs is 2. The number of nitrogens with zero attached hydrogens (tertiary/aromatic N) is 2. The summed E-state index contributed by atoms with van der Waals surface area (Å²) in [6.07, 6.45) is 3.34. The Morgan fingerprint density at radius 2 is 1.84 bits per heavy atom. The molecule has 0 fully saturated rings. The third-order valence-electron chi connectivity index (χ3n) is 6.32. The lowest BCUT2D eigenvalue weighted by Crippen LogP contribution is -2.35. The number of para-hydroxylation sites is 1. The van der Waals surface area contributed by atoms with Crippen molar-refractivity contribution in [2.45, 2.75) is 17.7 Å². The molecule has 0 saturated heterocycles. The summed E-state index contributed by atoms with van der Waals surface area (Å²) in [5.74, 6) is 0.137. The van der Waals surface area contributed by atoms with Crippen molar-refractivity contribution in [2.24, 2.45) is 0 Å². The van der Waals surface area contributed by atoms with Crippen molar-refractivity contribution in [1.82, 2.24) is 10.3 Å². The first-order chi connectivity index (χ1) is 18.4. The van der Waals surface area contributed by atoms with E-state index >= 15 is 0 Å². The van der Waals surface area contributed by atoms with Crippen LogP contribution in [0, 0.1) is 0 Å². The molecule has 8 nitrogen and oxygen atoms in total. The second kappa shape index (κ2) is 11.3. The summed E-state index contributed by atoms with van der Waals surface area (Å²) in [7, 11) is -3.70. The maximum absolute atomic E-state index is 13.3. The Bertz CT molecular complexity index is 1560. The van der Waals surface area contributed by atoms with Crippen LogP contribution in [0.3, 0.4) is 0 Å². The third-order valence-corrected chi connectivity index (χ3v) is 8.38. The molecule has 0 unspecified atom stereocenters. The molecule has 4 aromatic rings. The Labute approximate surface area is 226 Å². The third kappa shape index (κ3) is 5.69.